The Morgan fingerprint density at radius 2 is 2.10 bits per heavy atom. The van der Waals surface area contributed by atoms with Crippen LogP contribution in [0.5, 0.6) is 5.75 Å². The second-order valence-corrected chi connectivity index (χ2v) is 5.50. The van der Waals surface area contributed by atoms with Gasteiger partial charge >= 0.3 is 5.97 Å². The van der Waals surface area contributed by atoms with Crippen molar-refractivity contribution in [1.29, 1.82) is 5.26 Å². The largest absolute Gasteiger partial charge is 0.490 e. The maximum Gasteiger partial charge on any atom is 0.308 e. The van der Waals surface area contributed by atoms with E-state index in [-0.39, 0.29) is 18.0 Å². The van der Waals surface area contributed by atoms with Crippen LogP contribution in [-0.2, 0) is 9.53 Å². The van der Waals surface area contributed by atoms with Crippen LogP contribution in [0, 0.1) is 17.2 Å². The number of hydrogen-bond acceptors (Lipinski definition) is 4. The highest BCUT2D eigenvalue weighted by molar-refractivity contribution is 6.31. The first-order valence-electron chi connectivity index (χ1n) is 7.17. The third-order valence-electron chi connectivity index (χ3n) is 3.66. The van der Waals surface area contributed by atoms with Crippen LogP contribution in [0.1, 0.15) is 38.2 Å². The molecule has 1 aromatic rings. The van der Waals surface area contributed by atoms with Crippen LogP contribution in [0.4, 0.5) is 0 Å². The molecule has 1 aliphatic rings. The molecule has 1 aromatic carbocycles. The minimum absolute atomic E-state index is 0.00523. The molecule has 0 amide bonds. The van der Waals surface area contributed by atoms with E-state index in [0.717, 1.165) is 25.7 Å². The van der Waals surface area contributed by atoms with E-state index in [2.05, 4.69) is 0 Å². The average Bonchev–Trinajstić information content (AvgIpc) is 2.48. The summed E-state index contributed by atoms with van der Waals surface area (Å²) >= 11 is 5.98. The van der Waals surface area contributed by atoms with Crippen molar-refractivity contribution < 1.29 is 14.3 Å². The molecule has 0 aliphatic heterocycles. The molecule has 0 heterocycles. The van der Waals surface area contributed by atoms with Crippen molar-refractivity contribution in [2.75, 3.05) is 6.61 Å². The number of nitrogens with zero attached hydrogens (tertiary/aromatic N) is 1. The molecule has 0 spiro atoms. The summed E-state index contributed by atoms with van der Waals surface area (Å²) < 4.78 is 10.9. The topological polar surface area (TPSA) is 59.3 Å². The summed E-state index contributed by atoms with van der Waals surface area (Å²) in [5.74, 6) is 0.560. The van der Waals surface area contributed by atoms with Crippen molar-refractivity contribution in [3.8, 4) is 11.8 Å². The third-order valence-corrected chi connectivity index (χ3v) is 3.97. The molecule has 4 nitrogen and oxygen atoms in total. The second kappa shape index (κ2) is 7.33. The predicted octanol–water partition coefficient (Wildman–Crippen LogP) is 3.71. The van der Waals surface area contributed by atoms with E-state index >= 15 is 0 Å². The normalized spacial score (nSPS) is 21.4. The highest BCUT2D eigenvalue weighted by Gasteiger charge is 2.28. The van der Waals surface area contributed by atoms with Gasteiger partial charge in [0, 0.05) is 6.07 Å². The number of carbonyl (C=O) groups excluding carboxylic acids is 1. The van der Waals surface area contributed by atoms with Gasteiger partial charge in [-0.3, -0.25) is 4.79 Å². The lowest BCUT2D eigenvalue weighted by Gasteiger charge is -2.27. The van der Waals surface area contributed by atoms with Gasteiger partial charge in [-0.2, -0.15) is 5.26 Å². The first kappa shape index (κ1) is 15.7. The Kier molecular flexibility index (Phi) is 5.46. The second-order valence-electron chi connectivity index (χ2n) is 5.10. The summed E-state index contributed by atoms with van der Waals surface area (Å²) in [5.41, 5.74) is 0.440. The highest BCUT2D eigenvalue weighted by Crippen LogP contribution is 2.30. The van der Waals surface area contributed by atoms with Crippen molar-refractivity contribution in [2.24, 2.45) is 5.92 Å². The van der Waals surface area contributed by atoms with Gasteiger partial charge < -0.3 is 9.47 Å². The number of hydrogen-bond donors (Lipinski definition) is 0. The summed E-state index contributed by atoms with van der Waals surface area (Å²) in [6.07, 6.45) is 3.29. The Bertz CT molecular complexity index is 545. The van der Waals surface area contributed by atoms with Crippen molar-refractivity contribution in [3.63, 3.8) is 0 Å². The van der Waals surface area contributed by atoms with Gasteiger partial charge in [-0.25, -0.2) is 0 Å². The Labute approximate surface area is 129 Å². The molecule has 0 aromatic heterocycles. The maximum atomic E-state index is 11.7. The van der Waals surface area contributed by atoms with Crippen LogP contribution in [-0.4, -0.2) is 18.7 Å². The molecule has 0 atom stereocenters. The van der Waals surface area contributed by atoms with Crippen LogP contribution in [0.2, 0.25) is 5.02 Å². The van der Waals surface area contributed by atoms with Gasteiger partial charge in [-0.05, 0) is 44.7 Å². The van der Waals surface area contributed by atoms with Crippen LogP contribution >= 0.6 is 11.6 Å². The van der Waals surface area contributed by atoms with Gasteiger partial charge in [0.2, 0.25) is 0 Å². The molecule has 2 rings (SSSR count). The maximum absolute atomic E-state index is 11.7. The van der Waals surface area contributed by atoms with Gasteiger partial charge in [0.15, 0.2) is 0 Å². The van der Waals surface area contributed by atoms with Crippen molar-refractivity contribution >= 4 is 17.6 Å². The molecule has 5 heteroatoms. The van der Waals surface area contributed by atoms with E-state index in [4.69, 9.17) is 26.3 Å². The molecule has 1 fully saturated rings. The van der Waals surface area contributed by atoms with E-state index in [1.807, 2.05) is 13.0 Å². The summed E-state index contributed by atoms with van der Waals surface area (Å²) in [6.45, 7) is 2.25. The third kappa shape index (κ3) is 4.12. The molecule has 0 radical (unpaired) electrons. The summed E-state index contributed by atoms with van der Waals surface area (Å²) in [5, 5.41) is 9.23. The zero-order valence-corrected chi connectivity index (χ0v) is 12.7. The number of esters is 1. The molecule has 0 saturated heterocycles. The molecule has 1 saturated carbocycles. The van der Waals surface area contributed by atoms with Gasteiger partial charge in [0.25, 0.3) is 0 Å². The minimum atomic E-state index is -0.0997. The van der Waals surface area contributed by atoms with E-state index in [1.54, 1.807) is 18.2 Å². The molecule has 0 bridgehead atoms. The lowest BCUT2D eigenvalue weighted by atomic mass is 9.87. The van der Waals surface area contributed by atoms with Crippen molar-refractivity contribution in [1.82, 2.24) is 0 Å². The van der Waals surface area contributed by atoms with Gasteiger partial charge in [-0.1, -0.05) is 11.6 Å². The fraction of sp³-hybridized carbons (Fsp3) is 0.500. The van der Waals surface area contributed by atoms with Crippen LogP contribution in [0.25, 0.3) is 0 Å². The highest BCUT2D eigenvalue weighted by atomic mass is 35.5. The molecule has 1 aliphatic carbocycles. The molecular weight excluding hydrogens is 290 g/mol. The fourth-order valence-corrected chi connectivity index (χ4v) is 2.74. The number of rotatable bonds is 4. The van der Waals surface area contributed by atoms with Gasteiger partial charge in [-0.15, -0.1) is 0 Å². The van der Waals surface area contributed by atoms with Gasteiger partial charge in [0.05, 0.1) is 29.2 Å². The molecule has 112 valence electrons. The van der Waals surface area contributed by atoms with E-state index < -0.39 is 0 Å². The summed E-state index contributed by atoms with van der Waals surface area (Å²) in [4.78, 5) is 11.7. The Morgan fingerprint density at radius 1 is 1.38 bits per heavy atom. The smallest absolute Gasteiger partial charge is 0.308 e. The lowest BCUT2D eigenvalue weighted by Crippen LogP contribution is -2.29. The number of nitriles is 1. The molecule has 0 unspecified atom stereocenters. The Balaban J connectivity index is 1.88. The fourth-order valence-electron chi connectivity index (χ4n) is 2.53. The predicted molar refractivity (Wildman–Crippen MR) is 79.2 cm³/mol. The number of benzene rings is 1. The standard InChI is InChI=1S/C16H18ClNO3/c1-2-20-16(19)11-3-6-13(7-4-11)21-14-8-5-12(10-18)15(17)9-14/h5,8-9,11,13H,2-4,6-7H2,1H3. The number of ether oxygens (including phenoxy) is 2. The Morgan fingerprint density at radius 3 is 2.67 bits per heavy atom. The number of halogens is 1. The molecule has 0 N–H and O–H groups in total. The van der Waals surface area contributed by atoms with Crippen LogP contribution in [0.15, 0.2) is 18.2 Å². The summed E-state index contributed by atoms with van der Waals surface area (Å²) in [6, 6.07) is 7.09. The van der Waals surface area contributed by atoms with Crippen molar-refractivity contribution in [3.05, 3.63) is 28.8 Å². The zero-order valence-electron chi connectivity index (χ0n) is 12.0. The van der Waals surface area contributed by atoms with Gasteiger partial charge in [0.1, 0.15) is 11.8 Å². The lowest BCUT2D eigenvalue weighted by molar-refractivity contribution is -0.149. The molecular formula is C16H18ClNO3. The molecule has 21 heavy (non-hydrogen) atoms. The number of carbonyl (C=O) groups is 1. The van der Waals surface area contributed by atoms with Crippen LogP contribution < -0.4 is 4.74 Å². The van der Waals surface area contributed by atoms with Crippen molar-refractivity contribution in [2.45, 2.75) is 38.7 Å². The summed E-state index contributed by atoms with van der Waals surface area (Å²) in [7, 11) is 0. The SMILES string of the molecule is CCOC(=O)C1CCC(Oc2ccc(C#N)c(Cl)c2)CC1. The Hall–Kier alpha value is -1.73. The van der Waals surface area contributed by atoms with Crippen LogP contribution in [0.3, 0.4) is 0 Å². The first-order valence-corrected chi connectivity index (χ1v) is 7.54. The quantitative estimate of drug-likeness (QED) is 0.796. The van der Waals surface area contributed by atoms with E-state index in [1.165, 1.54) is 0 Å². The monoisotopic (exact) mass is 307 g/mol. The minimum Gasteiger partial charge on any atom is -0.490 e. The van der Waals surface area contributed by atoms with E-state index in [9.17, 15) is 4.79 Å². The van der Waals surface area contributed by atoms with E-state index in [0.29, 0.717) is 22.9 Å². The zero-order chi connectivity index (χ0) is 15.2. The average molecular weight is 308 g/mol. The first-order chi connectivity index (χ1) is 10.1.